The second-order valence-corrected chi connectivity index (χ2v) is 6.31. The standard InChI is InChI=1S/C16H22F3N3O/c1-21(2)12-5-4-11(8-12)20-16(23)22(3)9-10-6-13(17)15(19)14(18)7-10/h6-7,11-12H,4-5,8-9H2,1-3H3,(H,20,23). The van der Waals surface area contributed by atoms with Crippen LogP contribution >= 0.6 is 0 Å². The molecule has 0 radical (unpaired) electrons. The first kappa shape index (κ1) is 17.6. The minimum atomic E-state index is -1.50. The molecule has 4 nitrogen and oxygen atoms in total. The Kier molecular flexibility index (Phi) is 5.51. The Morgan fingerprint density at radius 3 is 2.30 bits per heavy atom. The van der Waals surface area contributed by atoms with E-state index in [1.165, 1.54) is 11.9 Å². The molecule has 1 aromatic rings. The van der Waals surface area contributed by atoms with Gasteiger partial charge in [-0.3, -0.25) is 0 Å². The Balaban J connectivity index is 1.91. The van der Waals surface area contributed by atoms with Gasteiger partial charge >= 0.3 is 6.03 Å². The Bertz CT molecular complexity index is 557. The number of rotatable bonds is 4. The van der Waals surface area contributed by atoms with E-state index in [0.717, 1.165) is 31.4 Å². The van der Waals surface area contributed by atoms with Gasteiger partial charge in [0.05, 0.1) is 0 Å². The van der Waals surface area contributed by atoms with Crippen molar-refractivity contribution < 1.29 is 18.0 Å². The number of urea groups is 1. The number of nitrogens with one attached hydrogen (secondary N) is 1. The maximum atomic E-state index is 13.2. The maximum absolute atomic E-state index is 13.2. The quantitative estimate of drug-likeness (QED) is 0.862. The molecule has 1 saturated carbocycles. The Hall–Kier alpha value is -1.76. The zero-order valence-corrected chi connectivity index (χ0v) is 13.6. The van der Waals surface area contributed by atoms with Crippen LogP contribution in [0.25, 0.3) is 0 Å². The Labute approximate surface area is 134 Å². The number of benzene rings is 1. The average Bonchev–Trinajstić information content (AvgIpc) is 2.93. The van der Waals surface area contributed by atoms with Crippen molar-refractivity contribution in [2.45, 2.75) is 37.9 Å². The fourth-order valence-electron chi connectivity index (χ4n) is 2.89. The fraction of sp³-hybridized carbons (Fsp3) is 0.562. The van der Waals surface area contributed by atoms with E-state index in [1.54, 1.807) is 0 Å². The minimum absolute atomic E-state index is 0.00375. The predicted octanol–water partition coefficient (Wildman–Crippen LogP) is 2.73. The molecule has 0 saturated heterocycles. The van der Waals surface area contributed by atoms with Crippen LogP contribution in [0.3, 0.4) is 0 Å². The maximum Gasteiger partial charge on any atom is 0.317 e. The average molecular weight is 329 g/mol. The monoisotopic (exact) mass is 329 g/mol. The van der Waals surface area contributed by atoms with E-state index in [1.807, 2.05) is 14.1 Å². The third-order valence-corrected chi connectivity index (χ3v) is 4.27. The molecule has 2 amide bonds. The number of carbonyl (C=O) groups excluding carboxylic acids is 1. The van der Waals surface area contributed by atoms with Crippen LogP contribution in [0.5, 0.6) is 0 Å². The molecule has 1 aliphatic rings. The summed E-state index contributed by atoms with van der Waals surface area (Å²) in [5, 5.41) is 2.92. The molecule has 7 heteroatoms. The third kappa shape index (κ3) is 4.37. The van der Waals surface area contributed by atoms with Crippen LogP contribution in [0.15, 0.2) is 12.1 Å². The van der Waals surface area contributed by atoms with Gasteiger partial charge in [-0.15, -0.1) is 0 Å². The van der Waals surface area contributed by atoms with Gasteiger partial charge in [0.1, 0.15) is 0 Å². The molecule has 0 heterocycles. The molecule has 0 bridgehead atoms. The lowest BCUT2D eigenvalue weighted by Crippen LogP contribution is -2.42. The van der Waals surface area contributed by atoms with Crippen molar-refractivity contribution >= 4 is 6.03 Å². The van der Waals surface area contributed by atoms with Crippen LogP contribution in [-0.2, 0) is 6.54 Å². The van der Waals surface area contributed by atoms with Gasteiger partial charge in [-0.1, -0.05) is 0 Å². The van der Waals surface area contributed by atoms with Crippen LogP contribution in [0.4, 0.5) is 18.0 Å². The summed E-state index contributed by atoms with van der Waals surface area (Å²) < 4.78 is 39.3. The molecule has 0 aliphatic heterocycles. The van der Waals surface area contributed by atoms with Gasteiger partial charge in [-0.05, 0) is 51.1 Å². The number of hydrogen-bond donors (Lipinski definition) is 1. The van der Waals surface area contributed by atoms with Crippen molar-refractivity contribution in [2.75, 3.05) is 21.1 Å². The third-order valence-electron chi connectivity index (χ3n) is 4.27. The van der Waals surface area contributed by atoms with E-state index >= 15 is 0 Å². The van der Waals surface area contributed by atoms with Gasteiger partial charge in [-0.2, -0.15) is 0 Å². The largest absolute Gasteiger partial charge is 0.335 e. The van der Waals surface area contributed by atoms with Gasteiger partial charge in [0.15, 0.2) is 17.5 Å². The topological polar surface area (TPSA) is 35.6 Å². The van der Waals surface area contributed by atoms with Crippen molar-refractivity contribution in [2.24, 2.45) is 0 Å². The van der Waals surface area contributed by atoms with Gasteiger partial charge in [-0.25, -0.2) is 18.0 Å². The van der Waals surface area contributed by atoms with Gasteiger partial charge in [0.2, 0.25) is 0 Å². The van der Waals surface area contributed by atoms with Gasteiger partial charge in [0, 0.05) is 25.7 Å². The van der Waals surface area contributed by atoms with E-state index in [2.05, 4.69) is 10.2 Å². The van der Waals surface area contributed by atoms with E-state index in [0.29, 0.717) is 6.04 Å². The molecule has 1 N–H and O–H groups in total. The van der Waals surface area contributed by atoms with E-state index in [4.69, 9.17) is 0 Å². The molecule has 1 aliphatic carbocycles. The number of halogens is 3. The molecule has 0 aromatic heterocycles. The molecular weight excluding hydrogens is 307 g/mol. The SMILES string of the molecule is CN(Cc1cc(F)c(F)c(F)c1)C(=O)NC1CCC(N(C)C)C1. The smallest absolute Gasteiger partial charge is 0.317 e. The number of nitrogens with zero attached hydrogens (tertiary/aromatic N) is 2. The second kappa shape index (κ2) is 7.21. The number of carbonyl (C=O) groups is 1. The summed E-state index contributed by atoms with van der Waals surface area (Å²) in [5.41, 5.74) is 0.205. The summed E-state index contributed by atoms with van der Waals surface area (Å²) in [4.78, 5) is 15.6. The van der Waals surface area contributed by atoms with E-state index in [-0.39, 0.29) is 24.2 Å². The van der Waals surface area contributed by atoms with Gasteiger partial charge in [0.25, 0.3) is 0 Å². The van der Waals surface area contributed by atoms with E-state index in [9.17, 15) is 18.0 Å². The summed E-state index contributed by atoms with van der Waals surface area (Å²) in [5.74, 6) is -4.00. The van der Waals surface area contributed by atoms with E-state index < -0.39 is 17.5 Å². The van der Waals surface area contributed by atoms with Crippen molar-refractivity contribution in [3.8, 4) is 0 Å². The highest BCUT2D eigenvalue weighted by Gasteiger charge is 2.27. The first-order valence-electron chi connectivity index (χ1n) is 7.59. The highest BCUT2D eigenvalue weighted by Crippen LogP contribution is 2.22. The van der Waals surface area contributed by atoms with Crippen LogP contribution in [0, 0.1) is 17.5 Å². The zero-order valence-electron chi connectivity index (χ0n) is 13.6. The Morgan fingerprint density at radius 1 is 1.17 bits per heavy atom. The van der Waals surface area contributed by atoms with Crippen LogP contribution in [0.2, 0.25) is 0 Å². The molecule has 2 atom stereocenters. The first-order chi connectivity index (χ1) is 10.8. The summed E-state index contributed by atoms with van der Waals surface area (Å²) >= 11 is 0. The molecule has 0 spiro atoms. The molecule has 2 rings (SSSR count). The molecule has 23 heavy (non-hydrogen) atoms. The molecule has 1 fully saturated rings. The van der Waals surface area contributed by atoms with Crippen LogP contribution < -0.4 is 5.32 Å². The number of hydrogen-bond acceptors (Lipinski definition) is 2. The molecule has 2 unspecified atom stereocenters. The predicted molar refractivity (Wildman–Crippen MR) is 81.4 cm³/mol. The molecule has 128 valence electrons. The van der Waals surface area contributed by atoms with Crippen LogP contribution in [-0.4, -0.2) is 49.1 Å². The number of amides is 2. The lowest BCUT2D eigenvalue weighted by molar-refractivity contribution is 0.201. The van der Waals surface area contributed by atoms with Crippen molar-refractivity contribution in [1.29, 1.82) is 0 Å². The highest BCUT2D eigenvalue weighted by molar-refractivity contribution is 5.74. The Morgan fingerprint density at radius 2 is 1.78 bits per heavy atom. The molecule has 1 aromatic carbocycles. The summed E-state index contributed by atoms with van der Waals surface area (Å²) in [6.45, 7) is 0.00375. The van der Waals surface area contributed by atoms with Gasteiger partial charge < -0.3 is 15.1 Å². The summed E-state index contributed by atoms with van der Waals surface area (Å²) in [6, 6.07) is 2.05. The highest BCUT2D eigenvalue weighted by atomic mass is 19.2. The first-order valence-corrected chi connectivity index (χ1v) is 7.59. The summed E-state index contributed by atoms with van der Waals surface area (Å²) in [7, 11) is 5.56. The van der Waals surface area contributed by atoms with Crippen molar-refractivity contribution in [3.05, 3.63) is 35.1 Å². The normalized spacial score (nSPS) is 20.8. The van der Waals surface area contributed by atoms with Crippen molar-refractivity contribution in [3.63, 3.8) is 0 Å². The summed E-state index contributed by atoms with van der Waals surface area (Å²) in [6.07, 6.45) is 2.81. The molecular formula is C16H22F3N3O. The second-order valence-electron chi connectivity index (χ2n) is 6.31. The lowest BCUT2D eigenvalue weighted by Gasteiger charge is -2.22. The zero-order chi connectivity index (χ0) is 17.1. The minimum Gasteiger partial charge on any atom is -0.335 e. The van der Waals surface area contributed by atoms with Crippen LogP contribution in [0.1, 0.15) is 24.8 Å². The van der Waals surface area contributed by atoms with Crippen molar-refractivity contribution in [1.82, 2.24) is 15.1 Å². The lowest BCUT2D eigenvalue weighted by atomic mass is 10.2. The fourth-order valence-corrected chi connectivity index (χ4v) is 2.89.